The van der Waals surface area contributed by atoms with Crippen LogP contribution in [0.1, 0.15) is 50.1 Å². The molecule has 23 heavy (non-hydrogen) atoms. The maximum absolute atomic E-state index is 5.59. The molecule has 132 valence electrons. The summed E-state index contributed by atoms with van der Waals surface area (Å²) in [7, 11) is 0. The maximum Gasteiger partial charge on any atom is 0.0970 e. The summed E-state index contributed by atoms with van der Waals surface area (Å²) in [5.74, 6) is 0. The molecule has 3 N–H and O–H groups in total. The van der Waals surface area contributed by atoms with Gasteiger partial charge in [-0.2, -0.15) is 0 Å². The molecule has 0 aliphatic carbocycles. The van der Waals surface area contributed by atoms with Crippen LogP contribution in [-0.2, 0) is 13.1 Å². The highest BCUT2D eigenvalue weighted by Crippen LogP contribution is 2.40. The molecule has 2 heterocycles. The normalized spacial score (nSPS) is 16.0. The van der Waals surface area contributed by atoms with Gasteiger partial charge in [-0.25, -0.2) is 0 Å². The summed E-state index contributed by atoms with van der Waals surface area (Å²) in [6.07, 6.45) is 1.22. The zero-order valence-electron chi connectivity index (χ0n) is 15.5. The summed E-state index contributed by atoms with van der Waals surface area (Å²) >= 11 is 1.98. The third-order valence-corrected chi connectivity index (χ3v) is 5.97. The van der Waals surface area contributed by atoms with Gasteiger partial charge in [0, 0.05) is 43.2 Å². The second kappa shape index (κ2) is 7.97. The highest BCUT2D eigenvalue weighted by Gasteiger charge is 2.27. The third kappa shape index (κ3) is 4.92. The number of rotatable bonds is 7. The van der Waals surface area contributed by atoms with Gasteiger partial charge in [-0.15, -0.1) is 11.3 Å². The number of fused-ring (bicyclic) bond motifs is 1. The monoisotopic (exact) mass is 338 g/mol. The first-order valence-electron chi connectivity index (χ1n) is 8.85. The van der Waals surface area contributed by atoms with E-state index < -0.39 is 0 Å². The minimum absolute atomic E-state index is 0.381. The Bertz CT molecular complexity index is 504. The maximum atomic E-state index is 5.59. The summed E-state index contributed by atoms with van der Waals surface area (Å²) in [6.45, 7) is 18.5. The van der Waals surface area contributed by atoms with Crippen molar-refractivity contribution in [3.05, 3.63) is 16.0 Å². The Balaban J connectivity index is 2.18. The second-order valence-electron chi connectivity index (χ2n) is 7.76. The molecule has 0 unspecified atom stereocenters. The van der Waals surface area contributed by atoms with E-state index in [0.29, 0.717) is 12.0 Å². The Morgan fingerprint density at radius 2 is 2.04 bits per heavy atom. The molecule has 2 rings (SSSR count). The SMILES string of the molecule is CCN1Cc2c(sc(CNCCN)c2C)N(CCC(C)(C)C)C1. The van der Waals surface area contributed by atoms with Gasteiger partial charge in [-0.1, -0.05) is 27.7 Å². The van der Waals surface area contributed by atoms with Gasteiger partial charge in [-0.3, -0.25) is 4.90 Å². The third-order valence-electron chi connectivity index (χ3n) is 4.57. The molecule has 1 aromatic heterocycles. The number of hydrogen-bond acceptors (Lipinski definition) is 5. The largest absolute Gasteiger partial charge is 0.350 e. The van der Waals surface area contributed by atoms with Crippen LogP contribution >= 0.6 is 11.3 Å². The second-order valence-corrected chi connectivity index (χ2v) is 8.84. The minimum Gasteiger partial charge on any atom is -0.350 e. The molecule has 0 saturated carbocycles. The van der Waals surface area contributed by atoms with Crippen molar-refractivity contribution in [3.8, 4) is 0 Å². The molecule has 0 aromatic carbocycles. The molecule has 0 fully saturated rings. The lowest BCUT2D eigenvalue weighted by molar-refractivity contribution is 0.259. The lowest BCUT2D eigenvalue weighted by Crippen LogP contribution is -2.42. The highest BCUT2D eigenvalue weighted by molar-refractivity contribution is 7.16. The zero-order chi connectivity index (χ0) is 17.0. The van der Waals surface area contributed by atoms with Crippen molar-refractivity contribution < 1.29 is 0 Å². The Hall–Kier alpha value is -0.620. The van der Waals surface area contributed by atoms with E-state index >= 15 is 0 Å². The smallest absolute Gasteiger partial charge is 0.0970 e. The first kappa shape index (κ1) is 18.7. The van der Waals surface area contributed by atoms with E-state index in [4.69, 9.17) is 5.73 Å². The van der Waals surface area contributed by atoms with E-state index in [1.807, 2.05) is 11.3 Å². The molecule has 0 bridgehead atoms. The molecule has 0 amide bonds. The van der Waals surface area contributed by atoms with Gasteiger partial charge in [0.25, 0.3) is 0 Å². The summed E-state index contributed by atoms with van der Waals surface area (Å²) in [6, 6.07) is 0. The van der Waals surface area contributed by atoms with E-state index in [2.05, 4.69) is 49.7 Å². The molecule has 4 nitrogen and oxygen atoms in total. The van der Waals surface area contributed by atoms with Gasteiger partial charge in [0.2, 0.25) is 0 Å². The fraction of sp³-hybridized carbons (Fsp3) is 0.778. The highest BCUT2D eigenvalue weighted by atomic mass is 32.1. The lowest BCUT2D eigenvalue weighted by Gasteiger charge is -2.37. The predicted octanol–water partition coefficient (Wildman–Crippen LogP) is 3.14. The van der Waals surface area contributed by atoms with Crippen molar-refractivity contribution >= 4 is 16.3 Å². The van der Waals surface area contributed by atoms with E-state index in [9.17, 15) is 0 Å². The standard InChI is InChI=1S/C18H34N4S/c1-6-21-12-15-14(2)16(11-20-9-8-19)23-17(15)22(13-21)10-7-18(3,4)5/h20H,6-13,19H2,1-5H3. The summed E-state index contributed by atoms with van der Waals surface area (Å²) in [5.41, 5.74) is 9.00. The van der Waals surface area contributed by atoms with Crippen LogP contribution in [0.3, 0.4) is 0 Å². The number of nitrogens with one attached hydrogen (secondary N) is 1. The number of nitrogens with zero attached hydrogens (tertiary/aromatic N) is 2. The first-order valence-corrected chi connectivity index (χ1v) is 9.66. The first-order chi connectivity index (χ1) is 10.9. The quantitative estimate of drug-likeness (QED) is 0.750. The van der Waals surface area contributed by atoms with Crippen molar-refractivity contribution in [2.45, 2.75) is 54.1 Å². The van der Waals surface area contributed by atoms with Gasteiger partial charge in [0.05, 0.1) is 11.7 Å². The van der Waals surface area contributed by atoms with Gasteiger partial charge >= 0.3 is 0 Å². The fourth-order valence-corrected chi connectivity index (χ4v) is 4.23. The molecule has 0 atom stereocenters. The number of hydrogen-bond donors (Lipinski definition) is 2. The van der Waals surface area contributed by atoms with Gasteiger partial charge in [-0.05, 0) is 30.9 Å². The van der Waals surface area contributed by atoms with Crippen LogP contribution in [0, 0.1) is 12.3 Å². The Labute approximate surface area is 146 Å². The van der Waals surface area contributed by atoms with Crippen LogP contribution in [0.4, 0.5) is 5.00 Å². The molecular formula is C18H34N4S. The van der Waals surface area contributed by atoms with Crippen LogP contribution in [0.25, 0.3) is 0 Å². The summed E-state index contributed by atoms with van der Waals surface area (Å²) < 4.78 is 0. The Kier molecular flexibility index (Phi) is 6.48. The van der Waals surface area contributed by atoms with Crippen molar-refractivity contribution in [1.29, 1.82) is 0 Å². The van der Waals surface area contributed by atoms with Crippen molar-refractivity contribution in [2.24, 2.45) is 11.1 Å². The van der Waals surface area contributed by atoms with Crippen molar-refractivity contribution in [2.75, 3.05) is 37.7 Å². The molecule has 1 aliphatic heterocycles. The Morgan fingerprint density at radius 1 is 1.30 bits per heavy atom. The predicted molar refractivity (Wildman–Crippen MR) is 102 cm³/mol. The molecule has 1 aliphatic rings. The van der Waals surface area contributed by atoms with Crippen LogP contribution in [0.5, 0.6) is 0 Å². The lowest BCUT2D eigenvalue weighted by atomic mass is 9.92. The van der Waals surface area contributed by atoms with Gasteiger partial charge in [0.1, 0.15) is 0 Å². The van der Waals surface area contributed by atoms with Crippen molar-refractivity contribution in [3.63, 3.8) is 0 Å². The average Bonchev–Trinajstić information content (AvgIpc) is 2.81. The Morgan fingerprint density at radius 3 is 2.65 bits per heavy atom. The summed E-state index contributed by atoms with van der Waals surface area (Å²) in [5, 5.41) is 4.95. The van der Waals surface area contributed by atoms with Crippen LogP contribution in [0.15, 0.2) is 0 Å². The number of anilines is 1. The van der Waals surface area contributed by atoms with E-state index in [0.717, 1.165) is 39.4 Å². The van der Waals surface area contributed by atoms with Crippen LogP contribution in [-0.4, -0.2) is 37.7 Å². The van der Waals surface area contributed by atoms with Gasteiger partial charge < -0.3 is 16.0 Å². The van der Waals surface area contributed by atoms with Crippen LogP contribution < -0.4 is 16.0 Å². The van der Waals surface area contributed by atoms with Crippen molar-refractivity contribution in [1.82, 2.24) is 10.2 Å². The number of thiophene rings is 1. The van der Waals surface area contributed by atoms with Crippen LogP contribution in [0.2, 0.25) is 0 Å². The zero-order valence-corrected chi connectivity index (χ0v) is 16.4. The molecule has 1 aromatic rings. The minimum atomic E-state index is 0.381. The fourth-order valence-electron chi connectivity index (χ4n) is 2.93. The number of nitrogens with two attached hydrogens (primary N) is 1. The summed E-state index contributed by atoms with van der Waals surface area (Å²) in [4.78, 5) is 6.61. The molecular weight excluding hydrogens is 304 g/mol. The molecule has 0 radical (unpaired) electrons. The molecule has 0 spiro atoms. The molecule has 0 saturated heterocycles. The van der Waals surface area contributed by atoms with E-state index in [1.54, 1.807) is 5.56 Å². The van der Waals surface area contributed by atoms with Gasteiger partial charge in [0.15, 0.2) is 0 Å². The van der Waals surface area contributed by atoms with E-state index in [1.165, 1.54) is 21.9 Å². The molecule has 5 heteroatoms. The average molecular weight is 339 g/mol. The topological polar surface area (TPSA) is 44.5 Å². The van der Waals surface area contributed by atoms with E-state index in [-0.39, 0.29) is 0 Å².